The summed E-state index contributed by atoms with van der Waals surface area (Å²) in [6, 6.07) is 6.14. The van der Waals surface area contributed by atoms with Gasteiger partial charge in [0, 0.05) is 29.7 Å². The average Bonchev–Trinajstić information content (AvgIpc) is 3.03. The topological polar surface area (TPSA) is 99.8 Å². The SMILES string of the molecule is Cn1cc(/C=C2\SC(=S)N([C@H](CC(=O)O)C(=O)O)C2=O)c2ccccc21. The Kier molecular flexibility index (Phi) is 4.84. The molecule has 2 aromatic rings. The van der Waals surface area contributed by atoms with E-state index in [1.807, 2.05) is 42.1 Å². The van der Waals surface area contributed by atoms with E-state index in [4.69, 9.17) is 17.3 Å². The first kappa shape index (κ1) is 18.2. The van der Waals surface area contributed by atoms with Gasteiger partial charge in [-0.25, -0.2) is 4.79 Å². The van der Waals surface area contributed by atoms with Crippen LogP contribution in [0.4, 0.5) is 0 Å². The molecule has 1 aliphatic heterocycles. The van der Waals surface area contributed by atoms with Crippen molar-refractivity contribution in [2.45, 2.75) is 12.5 Å². The Morgan fingerprint density at radius 1 is 1.31 bits per heavy atom. The second-order valence-electron chi connectivity index (χ2n) is 5.72. The van der Waals surface area contributed by atoms with Crippen molar-refractivity contribution >= 4 is 63.1 Å². The predicted octanol–water partition coefficient (Wildman–Crippen LogP) is 2.31. The zero-order chi connectivity index (χ0) is 19.0. The minimum atomic E-state index is -1.53. The van der Waals surface area contributed by atoms with Crippen LogP contribution in [0.2, 0.25) is 0 Å². The number of aryl methyl sites for hydroxylation is 1. The summed E-state index contributed by atoms with van der Waals surface area (Å²) < 4.78 is 1.96. The fraction of sp³-hybridized carbons (Fsp3) is 0.176. The zero-order valence-electron chi connectivity index (χ0n) is 13.6. The van der Waals surface area contributed by atoms with E-state index in [1.165, 1.54) is 0 Å². The number of hydrogen-bond donors (Lipinski definition) is 2. The number of thioether (sulfide) groups is 1. The monoisotopic (exact) mass is 390 g/mol. The summed E-state index contributed by atoms with van der Waals surface area (Å²) in [7, 11) is 1.89. The van der Waals surface area contributed by atoms with Crippen LogP contribution in [-0.2, 0) is 21.4 Å². The highest BCUT2D eigenvalue weighted by atomic mass is 32.2. The number of para-hydroxylation sites is 1. The fourth-order valence-electron chi connectivity index (χ4n) is 2.83. The molecule has 2 N–H and O–H groups in total. The summed E-state index contributed by atoms with van der Waals surface area (Å²) in [4.78, 5) is 36.2. The van der Waals surface area contributed by atoms with Crippen molar-refractivity contribution in [1.29, 1.82) is 0 Å². The average molecular weight is 390 g/mol. The molecule has 1 aromatic carbocycles. The highest BCUT2D eigenvalue weighted by Gasteiger charge is 2.41. The van der Waals surface area contributed by atoms with E-state index >= 15 is 0 Å². The molecular weight excluding hydrogens is 376 g/mol. The molecule has 134 valence electrons. The lowest BCUT2D eigenvalue weighted by molar-refractivity contribution is -0.150. The molecule has 1 aliphatic rings. The van der Waals surface area contributed by atoms with Crippen LogP contribution in [0.15, 0.2) is 35.4 Å². The van der Waals surface area contributed by atoms with Gasteiger partial charge in [0.2, 0.25) is 0 Å². The van der Waals surface area contributed by atoms with Crippen molar-refractivity contribution in [2.75, 3.05) is 0 Å². The van der Waals surface area contributed by atoms with Crippen LogP contribution in [0.25, 0.3) is 17.0 Å². The van der Waals surface area contributed by atoms with Crippen LogP contribution in [-0.4, -0.2) is 47.9 Å². The van der Waals surface area contributed by atoms with Gasteiger partial charge in [-0.1, -0.05) is 42.2 Å². The largest absolute Gasteiger partial charge is 0.481 e. The van der Waals surface area contributed by atoms with E-state index in [1.54, 1.807) is 6.08 Å². The Bertz CT molecular complexity index is 979. The number of aliphatic carboxylic acids is 2. The lowest BCUT2D eigenvalue weighted by Gasteiger charge is -2.21. The molecule has 1 fully saturated rings. The molecule has 1 amide bonds. The van der Waals surface area contributed by atoms with Crippen LogP contribution in [0.5, 0.6) is 0 Å². The number of carbonyl (C=O) groups is 3. The van der Waals surface area contributed by atoms with Crippen molar-refractivity contribution in [2.24, 2.45) is 7.05 Å². The smallest absolute Gasteiger partial charge is 0.327 e. The molecule has 1 atom stereocenters. The summed E-state index contributed by atoms with van der Waals surface area (Å²) in [5, 5.41) is 19.2. The van der Waals surface area contributed by atoms with Gasteiger partial charge in [0.25, 0.3) is 5.91 Å². The highest BCUT2D eigenvalue weighted by molar-refractivity contribution is 8.26. The lowest BCUT2D eigenvalue weighted by atomic mass is 10.1. The van der Waals surface area contributed by atoms with E-state index in [9.17, 15) is 19.5 Å². The van der Waals surface area contributed by atoms with Crippen LogP contribution in [0.3, 0.4) is 0 Å². The number of carboxylic acids is 2. The van der Waals surface area contributed by atoms with Gasteiger partial charge < -0.3 is 14.8 Å². The number of rotatable bonds is 5. The van der Waals surface area contributed by atoms with Gasteiger partial charge >= 0.3 is 11.9 Å². The van der Waals surface area contributed by atoms with Crippen molar-refractivity contribution in [3.63, 3.8) is 0 Å². The number of carbonyl (C=O) groups excluding carboxylic acids is 1. The van der Waals surface area contributed by atoms with E-state index < -0.39 is 30.3 Å². The first-order valence-electron chi connectivity index (χ1n) is 7.55. The second kappa shape index (κ2) is 6.93. The second-order valence-corrected chi connectivity index (χ2v) is 7.39. The van der Waals surface area contributed by atoms with Crippen molar-refractivity contribution < 1.29 is 24.6 Å². The summed E-state index contributed by atoms with van der Waals surface area (Å²) in [6.45, 7) is 0. The quantitative estimate of drug-likeness (QED) is 0.597. The maximum Gasteiger partial charge on any atom is 0.327 e. The van der Waals surface area contributed by atoms with Gasteiger partial charge in [0.15, 0.2) is 0 Å². The molecule has 0 bridgehead atoms. The van der Waals surface area contributed by atoms with Crippen LogP contribution < -0.4 is 0 Å². The molecule has 26 heavy (non-hydrogen) atoms. The Morgan fingerprint density at radius 3 is 2.65 bits per heavy atom. The molecule has 9 heteroatoms. The third-order valence-corrected chi connectivity index (χ3v) is 5.33. The maximum absolute atomic E-state index is 12.7. The first-order chi connectivity index (χ1) is 12.3. The summed E-state index contributed by atoms with van der Waals surface area (Å²) in [5.74, 6) is -3.32. The van der Waals surface area contributed by atoms with Gasteiger partial charge in [0.05, 0.1) is 11.3 Å². The molecule has 2 heterocycles. The lowest BCUT2D eigenvalue weighted by Crippen LogP contribution is -2.45. The molecular formula is C17H14N2O5S2. The Labute approximate surface area is 157 Å². The van der Waals surface area contributed by atoms with Crippen molar-refractivity contribution in [3.8, 4) is 0 Å². The van der Waals surface area contributed by atoms with Crippen LogP contribution in [0, 0.1) is 0 Å². The zero-order valence-corrected chi connectivity index (χ0v) is 15.2. The number of nitrogens with zero attached hydrogens (tertiary/aromatic N) is 2. The molecule has 3 rings (SSSR count). The number of thiocarbonyl (C=S) groups is 1. The van der Waals surface area contributed by atoms with E-state index in [0.717, 1.165) is 33.1 Å². The first-order valence-corrected chi connectivity index (χ1v) is 8.77. The number of aromatic nitrogens is 1. The van der Waals surface area contributed by atoms with Crippen LogP contribution >= 0.6 is 24.0 Å². The minimum absolute atomic E-state index is 0.0372. The minimum Gasteiger partial charge on any atom is -0.481 e. The number of carboxylic acid groups (broad SMARTS) is 2. The molecule has 7 nitrogen and oxygen atoms in total. The van der Waals surface area contributed by atoms with Gasteiger partial charge in [-0.15, -0.1) is 0 Å². The van der Waals surface area contributed by atoms with Gasteiger partial charge in [-0.3, -0.25) is 14.5 Å². The van der Waals surface area contributed by atoms with E-state index in [2.05, 4.69) is 0 Å². The number of benzene rings is 1. The summed E-state index contributed by atoms with van der Waals surface area (Å²) in [5.41, 5.74) is 1.79. The van der Waals surface area contributed by atoms with Crippen molar-refractivity contribution in [3.05, 3.63) is 40.9 Å². The van der Waals surface area contributed by atoms with E-state index in [0.29, 0.717) is 0 Å². The standard InChI is InChI=1S/C17H14N2O5S2/c1-18-8-9(10-4-2-3-5-11(10)18)6-13-15(22)19(17(25)26-13)12(16(23)24)7-14(20)21/h2-6,8,12H,7H2,1H3,(H,20,21)(H,23,24)/b13-6-/t12-/m1/s1. The van der Waals surface area contributed by atoms with Gasteiger partial charge in [-0.2, -0.15) is 0 Å². The number of hydrogen-bond acceptors (Lipinski definition) is 5. The normalized spacial score (nSPS) is 17.3. The van der Waals surface area contributed by atoms with Crippen LogP contribution in [0.1, 0.15) is 12.0 Å². The maximum atomic E-state index is 12.7. The molecule has 0 unspecified atom stereocenters. The molecule has 0 saturated carbocycles. The molecule has 1 aromatic heterocycles. The fourth-order valence-corrected chi connectivity index (χ4v) is 4.18. The summed E-state index contributed by atoms with van der Waals surface area (Å²) >= 11 is 6.10. The molecule has 1 saturated heterocycles. The number of amides is 1. The Balaban J connectivity index is 1.99. The third-order valence-electron chi connectivity index (χ3n) is 4.00. The van der Waals surface area contributed by atoms with E-state index in [-0.39, 0.29) is 9.23 Å². The Morgan fingerprint density at radius 2 is 2.00 bits per heavy atom. The molecule has 0 radical (unpaired) electrons. The predicted molar refractivity (Wildman–Crippen MR) is 102 cm³/mol. The van der Waals surface area contributed by atoms with Gasteiger partial charge in [0.1, 0.15) is 10.4 Å². The third kappa shape index (κ3) is 3.23. The van der Waals surface area contributed by atoms with Gasteiger partial charge in [-0.05, 0) is 12.1 Å². The molecule has 0 spiro atoms. The number of fused-ring (bicyclic) bond motifs is 1. The summed E-state index contributed by atoms with van der Waals surface area (Å²) in [6.07, 6.45) is 2.80. The molecule has 0 aliphatic carbocycles. The van der Waals surface area contributed by atoms with Crippen molar-refractivity contribution in [1.82, 2.24) is 9.47 Å². The Hall–Kier alpha value is -2.65. The highest BCUT2D eigenvalue weighted by Crippen LogP contribution is 2.36.